The standard InChI is InChI=1S/C13H6Br2F2N2OS/c14-9-4-7(12(15)21-9)11-10(13(18)20-19-11)6-2-1-5(16)3-8(6)17/h1-4H,18H2. The van der Waals surface area contributed by atoms with Crippen molar-refractivity contribution in [1.82, 2.24) is 5.16 Å². The molecule has 0 saturated carbocycles. The third-order valence-corrected chi connectivity index (χ3v) is 5.17. The molecule has 0 fully saturated rings. The van der Waals surface area contributed by atoms with E-state index in [9.17, 15) is 8.78 Å². The van der Waals surface area contributed by atoms with E-state index in [2.05, 4.69) is 37.0 Å². The predicted octanol–water partition coefficient (Wildman–Crippen LogP) is 5.46. The van der Waals surface area contributed by atoms with E-state index in [0.29, 0.717) is 16.8 Å². The van der Waals surface area contributed by atoms with Crippen LogP contribution in [0.15, 0.2) is 36.4 Å². The molecule has 2 N–H and O–H groups in total. The van der Waals surface area contributed by atoms with Crippen molar-refractivity contribution >= 4 is 49.1 Å². The van der Waals surface area contributed by atoms with Crippen molar-refractivity contribution in [1.29, 1.82) is 0 Å². The second-order valence-corrected chi connectivity index (χ2v) is 7.88. The van der Waals surface area contributed by atoms with Crippen LogP contribution in [0.1, 0.15) is 0 Å². The summed E-state index contributed by atoms with van der Waals surface area (Å²) in [5.41, 5.74) is 7.31. The average Bonchev–Trinajstić information content (AvgIpc) is 2.93. The number of rotatable bonds is 2. The highest BCUT2D eigenvalue weighted by Gasteiger charge is 2.23. The Bertz CT molecular complexity index is 832. The SMILES string of the molecule is Nc1onc(-c2cc(Br)sc2Br)c1-c1ccc(F)cc1F. The van der Waals surface area contributed by atoms with Gasteiger partial charge in [-0.2, -0.15) is 0 Å². The fourth-order valence-electron chi connectivity index (χ4n) is 1.94. The number of hydrogen-bond acceptors (Lipinski definition) is 4. The summed E-state index contributed by atoms with van der Waals surface area (Å²) in [7, 11) is 0. The van der Waals surface area contributed by atoms with E-state index >= 15 is 0 Å². The zero-order chi connectivity index (χ0) is 15.1. The molecule has 1 aromatic carbocycles. The maximum absolute atomic E-state index is 14.0. The predicted molar refractivity (Wildman–Crippen MR) is 85.0 cm³/mol. The molecule has 0 unspecified atom stereocenters. The summed E-state index contributed by atoms with van der Waals surface area (Å²) >= 11 is 8.22. The van der Waals surface area contributed by atoms with Gasteiger partial charge in [-0.1, -0.05) is 5.16 Å². The highest BCUT2D eigenvalue weighted by atomic mass is 79.9. The summed E-state index contributed by atoms with van der Waals surface area (Å²) in [6.45, 7) is 0. The van der Waals surface area contributed by atoms with Gasteiger partial charge in [0.05, 0.1) is 13.1 Å². The van der Waals surface area contributed by atoms with Crippen molar-refractivity contribution in [2.45, 2.75) is 0 Å². The van der Waals surface area contributed by atoms with Crippen LogP contribution in [0, 0.1) is 11.6 Å². The number of benzene rings is 1. The van der Waals surface area contributed by atoms with Crippen molar-refractivity contribution in [3.05, 3.63) is 43.5 Å². The Hall–Kier alpha value is -1.25. The van der Waals surface area contributed by atoms with Gasteiger partial charge in [0.15, 0.2) is 0 Å². The average molecular weight is 436 g/mol. The minimum Gasteiger partial charge on any atom is -0.367 e. The van der Waals surface area contributed by atoms with Crippen LogP contribution in [-0.4, -0.2) is 5.16 Å². The number of aromatic nitrogens is 1. The van der Waals surface area contributed by atoms with Crippen LogP contribution < -0.4 is 5.73 Å². The van der Waals surface area contributed by atoms with Crippen molar-refractivity contribution in [2.24, 2.45) is 0 Å². The van der Waals surface area contributed by atoms with E-state index in [1.165, 1.54) is 17.4 Å². The molecule has 3 rings (SSSR count). The first-order valence-electron chi connectivity index (χ1n) is 5.63. The van der Waals surface area contributed by atoms with Crippen molar-refractivity contribution < 1.29 is 13.3 Å². The molecule has 0 saturated heterocycles. The Labute approximate surface area is 139 Å². The van der Waals surface area contributed by atoms with Gasteiger partial charge in [0.25, 0.3) is 0 Å². The molecule has 0 bridgehead atoms. The van der Waals surface area contributed by atoms with Gasteiger partial charge in [0.1, 0.15) is 17.3 Å². The minimum atomic E-state index is -0.725. The molecule has 8 heteroatoms. The number of nitrogen functional groups attached to an aromatic ring is 1. The Balaban J connectivity index is 2.24. The van der Waals surface area contributed by atoms with Crippen LogP contribution >= 0.6 is 43.2 Å². The van der Waals surface area contributed by atoms with Crippen LogP contribution in [0.2, 0.25) is 0 Å². The largest absolute Gasteiger partial charge is 0.367 e. The quantitative estimate of drug-likeness (QED) is 0.581. The lowest BCUT2D eigenvalue weighted by Crippen LogP contribution is -1.91. The molecule has 0 aliphatic carbocycles. The van der Waals surface area contributed by atoms with Crippen molar-refractivity contribution in [3.63, 3.8) is 0 Å². The molecule has 2 heterocycles. The number of thiophene rings is 1. The zero-order valence-electron chi connectivity index (χ0n) is 10.2. The van der Waals surface area contributed by atoms with Gasteiger partial charge in [-0.05, 0) is 50.1 Å². The molecule has 0 amide bonds. The van der Waals surface area contributed by atoms with Crippen LogP contribution in [0.3, 0.4) is 0 Å². The van der Waals surface area contributed by atoms with E-state index in [4.69, 9.17) is 10.3 Å². The molecule has 0 radical (unpaired) electrons. The highest BCUT2D eigenvalue weighted by Crippen LogP contribution is 2.44. The molecule has 3 nitrogen and oxygen atoms in total. The van der Waals surface area contributed by atoms with Crippen LogP contribution in [0.4, 0.5) is 14.7 Å². The fourth-order valence-corrected chi connectivity index (χ4v) is 4.75. The number of nitrogens with zero attached hydrogens (tertiary/aromatic N) is 1. The lowest BCUT2D eigenvalue weighted by Gasteiger charge is -2.04. The van der Waals surface area contributed by atoms with Crippen molar-refractivity contribution in [3.8, 4) is 22.4 Å². The molecule has 2 aromatic heterocycles. The van der Waals surface area contributed by atoms with E-state index < -0.39 is 11.6 Å². The molecule has 0 atom stereocenters. The first-order chi connectivity index (χ1) is 9.97. The summed E-state index contributed by atoms with van der Waals surface area (Å²) in [4.78, 5) is 0. The first kappa shape index (κ1) is 14.7. The molecule has 0 aliphatic rings. The number of hydrogen-bond donors (Lipinski definition) is 1. The fraction of sp³-hybridized carbons (Fsp3) is 0. The Morgan fingerprint density at radius 2 is 1.90 bits per heavy atom. The summed E-state index contributed by atoms with van der Waals surface area (Å²) < 4.78 is 33.7. The van der Waals surface area contributed by atoms with Crippen LogP contribution in [0.25, 0.3) is 22.4 Å². The number of anilines is 1. The van der Waals surface area contributed by atoms with Gasteiger partial charge in [-0.15, -0.1) is 11.3 Å². The van der Waals surface area contributed by atoms with Crippen molar-refractivity contribution in [2.75, 3.05) is 5.73 Å². The first-order valence-corrected chi connectivity index (χ1v) is 8.03. The molecular formula is C13H6Br2F2N2OS. The molecular weight excluding hydrogens is 430 g/mol. The molecule has 3 aromatic rings. The molecule has 21 heavy (non-hydrogen) atoms. The van der Waals surface area contributed by atoms with Crippen LogP contribution in [0.5, 0.6) is 0 Å². The smallest absolute Gasteiger partial charge is 0.230 e. The van der Waals surface area contributed by atoms with Gasteiger partial charge in [0.2, 0.25) is 5.88 Å². The third kappa shape index (κ3) is 2.63. The molecule has 0 aliphatic heterocycles. The lowest BCUT2D eigenvalue weighted by atomic mass is 10.0. The minimum absolute atomic E-state index is 0.0234. The molecule has 108 valence electrons. The highest BCUT2D eigenvalue weighted by molar-refractivity contribution is 9.12. The molecule has 0 spiro atoms. The van der Waals surface area contributed by atoms with E-state index in [0.717, 1.165) is 19.7 Å². The van der Waals surface area contributed by atoms with Gasteiger partial charge < -0.3 is 10.3 Å². The number of halogens is 4. The van der Waals surface area contributed by atoms with Gasteiger partial charge in [-0.25, -0.2) is 8.78 Å². The second kappa shape index (κ2) is 5.51. The Kier molecular flexibility index (Phi) is 3.85. The summed E-state index contributed by atoms with van der Waals surface area (Å²) in [6.07, 6.45) is 0. The van der Waals surface area contributed by atoms with Gasteiger partial charge in [-0.3, -0.25) is 0 Å². The van der Waals surface area contributed by atoms with E-state index in [-0.39, 0.29) is 11.4 Å². The normalized spacial score (nSPS) is 11.0. The van der Waals surface area contributed by atoms with Crippen LogP contribution in [-0.2, 0) is 0 Å². The summed E-state index contributed by atoms with van der Waals surface area (Å²) in [6, 6.07) is 5.08. The number of nitrogens with two attached hydrogens (primary N) is 1. The van der Waals surface area contributed by atoms with E-state index in [1.807, 2.05) is 6.07 Å². The Morgan fingerprint density at radius 1 is 1.14 bits per heavy atom. The zero-order valence-corrected chi connectivity index (χ0v) is 14.2. The topological polar surface area (TPSA) is 52.0 Å². The second-order valence-electron chi connectivity index (χ2n) is 4.13. The maximum Gasteiger partial charge on any atom is 0.230 e. The third-order valence-electron chi connectivity index (χ3n) is 2.83. The summed E-state index contributed by atoms with van der Waals surface area (Å²) in [5, 5.41) is 3.90. The summed E-state index contributed by atoms with van der Waals surface area (Å²) in [5.74, 6) is -1.41. The van der Waals surface area contributed by atoms with E-state index in [1.54, 1.807) is 0 Å². The van der Waals surface area contributed by atoms with Gasteiger partial charge >= 0.3 is 0 Å². The van der Waals surface area contributed by atoms with Gasteiger partial charge in [0, 0.05) is 17.2 Å². The monoisotopic (exact) mass is 434 g/mol. The lowest BCUT2D eigenvalue weighted by molar-refractivity contribution is 0.439. The maximum atomic E-state index is 14.0. The Morgan fingerprint density at radius 3 is 2.52 bits per heavy atom.